The number of ether oxygens (including phenoxy) is 1. The molecule has 7 nitrogen and oxygen atoms in total. The zero-order valence-electron chi connectivity index (χ0n) is 8.89. The van der Waals surface area contributed by atoms with Crippen molar-refractivity contribution in [1.82, 2.24) is 4.98 Å². The number of hydrogen-bond donors (Lipinski definition) is 1. The maximum absolute atomic E-state index is 11.1. The number of pyridine rings is 1. The van der Waals surface area contributed by atoms with Crippen LogP contribution in [0.4, 0.5) is 16.3 Å². The van der Waals surface area contributed by atoms with Crippen molar-refractivity contribution in [2.75, 3.05) is 11.9 Å². The van der Waals surface area contributed by atoms with E-state index in [9.17, 15) is 14.9 Å². The summed E-state index contributed by atoms with van der Waals surface area (Å²) in [5.41, 5.74) is 0.523. The van der Waals surface area contributed by atoms with Gasteiger partial charge in [0, 0.05) is 6.92 Å². The number of nitrogens with zero attached hydrogens (tertiary/aromatic N) is 2. The Labute approximate surface area is 91.6 Å². The molecule has 86 valence electrons. The zero-order valence-corrected chi connectivity index (χ0v) is 8.89. The summed E-state index contributed by atoms with van der Waals surface area (Å²) in [6, 6.07) is 2.98. The first kappa shape index (κ1) is 11.9. The van der Waals surface area contributed by atoms with Crippen molar-refractivity contribution in [2.24, 2.45) is 0 Å². The second-order valence-corrected chi connectivity index (χ2v) is 2.93. The normalized spacial score (nSPS) is 9.62. The fourth-order valence-corrected chi connectivity index (χ4v) is 1.06. The molecule has 0 spiro atoms. The molecule has 0 aliphatic carbocycles. The van der Waals surface area contributed by atoms with Gasteiger partial charge in [-0.05, 0) is 29.0 Å². The summed E-state index contributed by atoms with van der Waals surface area (Å²) < 4.78 is 4.61. The van der Waals surface area contributed by atoms with Gasteiger partial charge in [-0.1, -0.05) is 0 Å². The third-order valence-electron chi connectivity index (χ3n) is 1.70. The Hall–Kier alpha value is -2.18. The van der Waals surface area contributed by atoms with Crippen LogP contribution in [0.3, 0.4) is 0 Å². The molecule has 1 amide bonds. The van der Waals surface area contributed by atoms with Gasteiger partial charge < -0.3 is 14.9 Å². The minimum Gasteiger partial charge on any atom is -0.450 e. The second kappa shape index (κ2) is 5.06. The molecule has 0 saturated carbocycles. The SMILES string of the molecule is CCOC(=O)Nc1ccc(C)nc1[N+](=O)[O-]. The molecular formula is C9H11N3O4. The molecule has 0 aliphatic heterocycles. The average molecular weight is 225 g/mol. The predicted molar refractivity (Wildman–Crippen MR) is 56.3 cm³/mol. The molecule has 1 aromatic heterocycles. The lowest BCUT2D eigenvalue weighted by molar-refractivity contribution is -0.388. The van der Waals surface area contributed by atoms with Gasteiger partial charge in [0.2, 0.25) is 0 Å². The molecule has 0 radical (unpaired) electrons. The molecular weight excluding hydrogens is 214 g/mol. The van der Waals surface area contributed by atoms with E-state index < -0.39 is 16.8 Å². The lowest BCUT2D eigenvalue weighted by Crippen LogP contribution is -2.15. The number of rotatable bonds is 3. The Balaban J connectivity index is 2.95. The van der Waals surface area contributed by atoms with Crippen LogP contribution in [0, 0.1) is 17.0 Å². The highest BCUT2D eigenvalue weighted by atomic mass is 16.6. The molecule has 0 aliphatic rings. The summed E-state index contributed by atoms with van der Waals surface area (Å²) in [6.45, 7) is 3.46. The van der Waals surface area contributed by atoms with Crippen molar-refractivity contribution in [3.63, 3.8) is 0 Å². The Kier molecular flexibility index (Phi) is 3.76. The number of amides is 1. The number of anilines is 1. The van der Waals surface area contributed by atoms with Crippen molar-refractivity contribution in [3.8, 4) is 0 Å². The van der Waals surface area contributed by atoms with Crippen molar-refractivity contribution in [1.29, 1.82) is 0 Å². The Morgan fingerprint density at radius 2 is 2.31 bits per heavy atom. The van der Waals surface area contributed by atoms with E-state index >= 15 is 0 Å². The number of aryl methyl sites for hydroxylation is 1. The number of carbonyl (C=O) groups excluding carboxylic acids is 1. The third-order valence-corrected chi connectivity index (χ3v) is 1.70. The highest BCUT2D eigenvalue weighted by molar-refractivity contribution is 5.87. The van der Waals surface area contributed by atoms with Crippen LogP contribution in [0.2, 0.25) is 0 Å². The molecule has 1 rings (SSSR count). The van der Waals surface area contributed by atoms with E-state index in [0.29, 0.717) is 5.69 Å². The fourth-order valence-electron chi connectivity index (χ4n) is 1.06. The second-order valence-electron chi connectivity index (χ2n) is 2.93. The summed E-state index contributed by atoms with van der Waals surface area (Å²) in [6.07, 6.45) is -0.740. The molecule has 0 atom stereocenters. The molecule has 0 aromatic carbocycles. The first-order chi connectivity index (χ1) is 7.54. The van der Waals surface area contributed by atoms with Gasteiger partial charge in [-0.2, -0.15) is 0 Å². The van der Waals surface area contributed by atoms with Gasteiger partial charge >= 0.3 is 11.9 Å². The van der Waals surface area contributed by atoms with Crippen molar-refractivity contribution in [3.05, 3.63) is 27.9 Å². The lowest BCUT2D eigenvalue weighted by Gasteiger charge is -2.05. The lowest BCUT2D eigenvalue weighted by atomic mass is 10.3. The number of hydrogen-bond acceptors (Lipinski definition) is 5. The van der Waals surface area contributed by atoms with Gasteiger partial charge in [-0.3, -0.25) is 5.32 Å². The molecule has 0 unspecified atom stereocenters. The van der Waals surface area contributed by atoms with Crippen molar-refractivity contribution >= 4 is 17.6 Å². The molecule has 0 saturated heterocycles. The summed E-state index contributed by atoms with van der Waals surface area (Å²) in [4.78, 5) is 24.8. The largest absolute Gasteiger partial charge is 0.450 e. The quantitative estimate of drug-likeness (QED) is 0.625. The van der Waals surface area contributed by atoms with Crippen LogP contribution in [0.1, 0.15) is 12.6 Å². The molecule has 7 heteroatoms. The molecule has 16 heavy (non-hydrogen) atoms. The highest BCUT2D eigenvalue weighted by Crippen LogP contribution is 2.21. The zero-order chi connectivity index (χ0) is 12.1. The smallest absolute Gasteiger partial charge is 0.411 e. The van der Waals surface area contributed by atoms with Crippen LogP contribution in [0.5, 0.6) is 0 Å². The van der Waals surface area contributed by atoms with E-state index in [1.165, 1.54) is 6.07 Å². The van der Waals surface area contributed by atoms with Gasteiger partial charge in [-0.25, -0.2) is 4.79 Å². The third kappa shape index (κ3) is 2.91. The van der Waals surface area contributed by atoms with Gasteiger partial charge in [0.25, 0.3) is 0 Å². The van der Waals surface area contributed by atoms with Crippen LogP contribution in [0.15, 0.2) is 12.1 Å². The molecule has 1 N–H and O–H groups in total. The van der Waals surface area contributed by atoms with Crippen LogP contribution in [-0.4, -0.2) is 22.6 Å². The van der Waals surface area contributed by atoms with Gasteiger partial charge in [-0.15, -0.1) is 0 Å². The van der Waals surface area contributed by atoms with Crippen molar-refractivity contribution in [2.45, 2.75) is 13.8 Å². The summed E-state index contributed by atoms with van der Waals surface area (Å²) >= 11 is 0. The maximum Gasteiger partial charge on any atom is 0.411 e. The van der Waals surface area contributed by atoms with E-state index in [4.69, 9.17) is 0 Å². The number of aromatic nitrogens is 1. The van der Waals surface area contributed by atoms with E-state index in [2.05, 4.69) is 15.0 Å². The van der Waals surface area contributed by atoms with Gasteiger partial charge in [0.05, 0.1) is 6.61 Å². The molecule has 0 fully saturated rings. The number of nitrogens with one attached hydrogen (secondary N) is 1. The van der Waals surface area contributed by atoms with Gasteiger partial charge in [0.1, 0.15) is 11.4 Å². The molecule has 1 heterocycles. The van der Waals surface area contributed by atoms with E-state index in [1.54, 1.807) is 19.9 Å². The highest BCUT2D eigenvalue weighted by Gasteiger charge is 2.18. The number of carbonyl (C=O) groups is 1. The molecule has 0 bridgehead atoms. The van der Waals surface area contributed by atoms with E-state index in [0.717, 1.165) is 0 Å². The van der Waals surface area contributed by atoms with Crippen LogP contribution >= 0.6 is 0 Å². The van der Waals surface area contributed by atoms with Crippen LogP contribution < -0.4 is 5.32 Å². The summed E-state index contributed by atoms with van der Waals surface area (Å²) in [5, 5.41) is 12.9. The minimum atomic E-state index is -0.740. The fraction of sp³-hybridized carbons (Fsp3) is 0.333. The summed E-state index contributed by atoms with van der Waals surface area (Å²) in [5.74, 6) is -0.395. The number of nitro groups is 1. The Morgan fingerprint density at radius 1 is 1.62 bits per heavy atom. The van der Waals surface area contributed by atoms with Crippen LogP contribution in [0.25, 0.3) is 0 Å². The molecule has 1 aromatic rings. The minimum absolute atomic E-state index is 0.0223. The maximum atomic E-state index is 11.1. The topological polar surface area (TPSA) is 94.4 Å². The monoisotopic (exact) mass is 225 g/mol. The average Bonchev–Trinajstić information content (AvgIpc) is 2.20. The van der Waals surface area contributed by atoms with Gasteiger partial charge in [0.15, 0.2) is 0 Å². The van der Waals surface area contributed by atoms with E-state index in [1.807, 2.05) is 0 Å². The Bertz CT molecular complexity index is 419. The summed E-state index contributed by atoms with van der Waals surface area (Å²) in [7, 11) is 0. The standard InChI is InChI=1S/C9H11N3O4/c1-3-16-9(13)11-7-5-4-6(2)10-8(7)12(14)15/h4-5H,3H2,1-2H3,(H,11,13). The Morgan fingerprint density at radius 3 is 2.88 bits per heavy atom. The predicted octanol–water partition coefficient (Wildman–Crippen LogP) is 1.87. The first-order valence-corrected chi connectivity index (χ1v) is 4.60. The van der Waals surface area contributed by atoms with E-state index in [-0.39, 0.29) is 12.3 Å². The van der Waals surface area contributed by atoms with Crippen LogP contribution in [-0.2, 0) is 4.74 Å². The van der Waals surface area contributed by atoms with Crippen molar-refractivity contribution < 1.29 is 14.5 Å². The first-order valence-electron chi connectivity index (χ1n) is 4.60.